The van der Waals surface area contributed by atoms with Crippen molar-refractivity contribution >= 4 is 6.16 Å². The van der Waals surface area contributed by atoms with Crippen molar-refractivity contribution in [3.8, 4) is 0 Å². The van der Waals surface area contributed by atoms with Crippen molar-refractivity contribution in [2.45, 2.75) is 44.8 Å². The summed E-state index contributed by atoms with van der Waals surface area (Å²) in [5.41, 5.74) is 0. The molecule has 1 saturated heterocycles. The summed E-state index contributed by atoms with van der Waals surface area (Å²) in [5, 5.41) is 0. The first-order chi connectivity index (χ1) is 6.27. The van der Waals surface area contributed by atoms with Crippen LogP contribution in [0.1, 0.15) is 32.6 Å². The van der Waals surface area contributed by atoms with Gasteiger partial charge >= 0.3 is 6.16 Å². The number of hydrogen-bond acceptors (Lipinski definition) is 3. The van der Waals surface area contributed by atoms with Gasteiger partial charge in [-0.1, -0.05) is 26.3 Å². The number of carbonyl (C=O) groups is 1. The fourth-order valence-corrected chi connectivity index (χ4v) is 1.42. The SMILES string of the molecule is C=C[C@@H]1OC(=O)O[C@@H]1CCCCC. The highest BCUT2D eigenvalue weighted by Crippen LogP contribution is 2.21. The Hall–Kier alpha value is -0.990. The number of rotatable bonds is 5. The Balaban J connectivity index is 2.31. The van der Waals surface area contributed by atoms with Crippen molar-refractivity contribution in [1.29, 1.82) is 0 Å². The lowest BCUT2D eigenvalue weighted by atomic mass is 10.1. The standard InChI is InChI=1S/C10H16O3/c1-3-5-6-7-9-8(4-2)12-10(11)13-9/h4,8-9H,2-3,5-7H2,1H3/t8-,9+/m0/s1. The van der Waals surface area contributed by atoms with E-state index in [9.17, 15) is 4.79 Å². The van der Waals surface area contributed by atoms with Gasteiger partial charge in [0.25, 0.3) is 0 Å². The van der Waals surface area contributed by atoms with E-state index < -0.39 is 6.16 Å². The van der Waals surface area contributed by atoms with E-state index in [0.29, 0.717) is 0 Å². The van der Waals surface area contributed by atoms with Crippen LogP contribution in [0.4, 0.5) is 4.79 Å². The summed E-state index contributed by atoms with van der Waals surface area (Å²) in [7, 11) is 0. The maximum atomic E-state index is 10.8. The second-order valence-electron chi connectivity index (χ2n) is 3.22. The van der Waals surface area contributed by atoms with Crippen LogP contribution in [-0.4, -0.2) is 18.4 Å². The van der Waals surface area contributed by atoms with Crippen molar-refractivity contribution in [3.63, 3.8) is 0 Å². The van der Waals surface area contributed by atoms with Gasteiger partial charge in [0, 0.05) is 0 Å². The molecule has 1 aliphatic rings. The summed E-state index contributed by atoms with van der Waals surface area (Å²) in [5.74, 6) is 0. The van der Waals surface area contributed by atoms with Crippen molar-refractivity contribution < 1.29 is 14.3 Å². The van der Waals surface area contributed by atoms with Gasteiger partial charge in [-0.3, -0.25) is 0 Å². The lowest BCUT2D eigenvalue weighted by molar-refractivity contribution is 0.115. The Bertz CT molecular complexity index is 189. The monoisotopic (exact) mass is 184 g/mol. The minimum Gasteiger partial charge on any atom is -0.427 e. The number of cyclic esters (lactones) is 2. The van der Waals surface area contributed by atoms with Gasteiger partial charge in [0.15, 0.2) is 6.10 Å². The molecule has 0 aromatic heterocycles. The first-order valence-corrected chi connectivity index (χ1v) is 4.77. The van der Waals surface area contributed by atoms with E-state index >= 15 is 0 Å². The normalized spacial score (nSPS) is 26.7. The summed E-state index contributed by atoms with van der Waals surface area (Å²) < 4.78 is 9.85. The molecular weight excluding hydrogens is 168 g/mol. The third-order valence-corrected chi connectivity index (χ3v) is 2.17. The van der Waals surface area contributed by atoms with Gasteiger partial charge < -0.3 is 9.47 Å². The maximum absolute atomic E-state index is 10.8. The van der Waals surface area contributed by atoms with Gasteiger partial charge in [-0.05, 0) is 18.9 Å². The molecule has 1 aliphatic heterocycles. The van der Waals surface area contributed by atoms with Gasteiger partial charge in [0.1, 0.15) is 6.10 Å². The zero-order chi connectivity index (χ0) is 9.68. The van der Waals surface area contributed by atoms with Crippen LogP contribution in [-0.2, 0) is 9.47 Å². The molecule has 0 N–H and O–H groups in total. The molecule has 1 fully saturated rings. The molecule has 3 nitrogen and oxygen atoms in total. The Morgan fingerprint density at radius 1 is 1.46 bits per heavy atom. The minimum atomic E-state index is -0.564. The number of ether oxygens (including phenoxy) is 2. The van der Waals surface area contributed by atoms with Crippen LogP contribution in [0.2, 0.25) is 0 Å². The van der Waals surface area contributed by atoms with Crippen LogP contribution in [0.15, 0.2) is 12.7 Å². The third-order valence-electron chi connectivity index (χ3n) is 2.17. The molecule has 0 aromatic carbocycles. The predicted molar refractivity (Wildman–Crippen MR) is 49.5 cm³/mol. The largest absolute Gasteiger partial charge is 0.509 e. The van der Waals surface area contributed by atoms with E-state index in [1.807, 2.05) is 0 Å². The highest BCUT2D eigenvalue weighted by Gasteiger charge is 2.33. The van der Waals surface area contributed by atoms with Crippen molar-refractivity contribution in [1.82, 2.24) is 0 Å². The molecule has 0 spiro atoms. The summed E-state index contributed by atoms with van der Waals surface area (Å²) in [4.78, 5) is 10.8. The van der Waals surface area contributed by atoms with Gasteiger partial charge in [0.2, 0.25) is 0 Å². The molecule has 1 heterocycles. The molecule has 0 bridgehead atoms. The topological polar surface area (TPSA) is 35.5 Å². The molecule has 1 rings (SSSR count). The van der Waals surface area contributed by atoms with E-state index in [0.717, 1.165) is 19.3 Å². The molecule has 2 atom stereocenters. The van der Waals surface area contributed by atoms with Crippen LogP contribution in [0.25, 0.3) is 0 Å². The Kier molecular flexibility index (Phi) is 3.80. The lowest BCUT2D eigenvalue weighted by Gasteiger charge is -2.10. The van der Waals surface area contributed by atoms with Crippen LogP contribution < -0.4 is 0 Å². The first-order valence-electron chi connectivity index (χ1n) is 4.77. The van der Waals surface area contributed by atoms with Crippen molar-refractivity contribution in [3.05, 3.63) is 12.7 Å². The van der Waals surface area contributed by atoms with E-state index in [-0.39, 0.29) is 12.2 Å². The number of unbranched alkanes of at least 4 members (excludes halogenated alkanes) is 2. The third kappa shape index (κ3) is 2.76. The quantitative estimate of drug-likeness (QED) is 0.374. The molecule has 0 amide bonds. The van der Waals surface area contributed by atoms with Crippen molar-refractivity contribution in [2.24, 2.45) is 0 Å². The molecule has 0 aromatic rings. The molecule has 0 saturated carbocycles. The molecule has 74 valence electrons. The fourth-order valence-electron chi connectivity index (χ4n) is 1.42. The smallest absolute Gasteiger partial charge is 0.427 e. The maximum Gasteiger partial charge on any atom is 0.509 e. The summed E-state index contributed by atoms with van der Waals surface area (Å²) >= 11 is 0. The Morgan fingerprint density at radius 3 is 2.85 bits per heavy atom. The average Bonchev–Trinajstić information content (AvgIpc) is 2.47. The molecule has 0 aliphatic carbocycles. The highest BCUT2D eigenvalue weighted by atomic mass is 16.8. The summed E-state index contributed by atoms with van der Waals surface area (Å²) in [6, 6.07) is 0. The van der Waals surface area contributed by atoms with Crippen LogP contribution >= 0.6 is 0 Å². The van der Waals surface area contributed by atoms with Crippen LogP contribution in [0.5, 0.6) is 0 Å². The second kappa shape index (κ2) is 4.90. The fraction of sp³-hybridized carbons (Fsp3) is 0.700. The van der Waals surface area contributed by atoms with Crippen LogP contribution in [0, 0.1) is 0 Å². The number of hydrogen-bond donors (Lipinski definition) is 0. The van der Waals surface area contributed by atoms with E-state index in [1.54, 1.807) is 6.08 Å². The lowest BCUT2D eigenvalue weighted by Crippen LogP contribution is -2.19. The second-order valence-corrected chi connectivity index (χ2v) is 3.22. The van der Waals surface area contributed by atoms with E-state index in [4.69, 9.17) is 9.47 Å². The summed E-state index contributed by atoms with van der Waals surface area (Å²) in [6.45, 7) is 5.74. The molecule has 0 radical (unpaired) electrons. The van der Waals surface area contributed by atoms with Crippen molar-refractivity contribution in [2.75, 3.05) is 0 Å². The summed E-state index contributed by atoms with van der Waals surface area (Å²) in [6.07, 6.45) is 4.98. The van der Waals surface area contributed by atoms with Gasteiger partial charge in [-0.15, -0.1) is 0 Å². The van der Waals surface area contributed by atoms with Gasteiger partial charge in [-0.25, -0.2) is 4.79 Å². The van der Waals surface area contributed by atoms with E-state index in [2.05, 4.69) is 13.5 Å². The zero-order valence-corrected chi connectivity index (χ0v) is 7.99. The van der Waals surface area contributed by atoms with Gasteiger partial charge in [0.05, 0.1) is 0 Å². The van der Waals surface area contributed by atoms with Crippen LogP contribution in [0.3, 0.4) is 0 Å². The Morgan fingerprint density at radius 2 is 2.23 bits per heavy atom. The predicted octanol–water partition coefficient (Wildman–Crippen LogP) is 2.66. The number of carbonyl (C=O) groups excluding carboxylic acids is 1. The Labute approximate surface area is 78.7 Å². The highest BCUT2D eigenvalue weighted by molar-refractivity contribution is 5.62. The minimum absolute atomic E-state index is 0.114. The van der Waals surface area contributed by atoms with E-state index in [1.165, 1.54) is 6.42 Å². The molecule has 0 unspecified atom stereocenters. The first kappa shape index (κ1) is 10.1. The average molecular weight is 184 g/mol. The van der Waals surface area contributed by atoms with Gasteiger partial charge in [-0.2, -0.15) is 0 Å². The molecule has 3 heteroatoms. The molecule has 13 heavy (non-hydrogen) atoms. The zero-order valence-electron chi connectivity index (χ0n) is 7.99. The molecular formula is C10H16O3.